The Labute approximate surface area is 148 Å². The number of ether oxygens (including phenoxy) is 2. The zero-order chi connectivity index (χ0) is 18.8. The van der Waals surface area contributed by atoms with Gasteiger partial charge in [-0.05, 0) is 30.0 Å². The lowest BCUT2D eigenvalue weighted by atomic mass is 10.0. The molecule has 0 aliphatic rings. The zero-order valence-electron chi connectivity index (χ0n) is 15.1. The van der Waals surface area contributed by atoms with Gasteiger partial charge in [0.2, 0.25) is 11.8 Å². The predicted molar refractivity (Wildman–Crippen MR) is 93.1 cm³/mol. The average molecular weight is 350 g/mol. The lowest BCUT2D eigenvalue weighted by molar-refractivity contribution is -0.145. The average Bonchev–Trinajstić information content (AvgIpc) is 2.59. The van der Waals surface area contributed by atoms with Crippen LogP contribution in [0.5, 0.6) is 5.75 Å². The maximum Gasteiger partial charge on any atom is 0.328 e. The number of benzene rings is 1. The first kappa shape index (κ1) is 20.5. The molecule has 25 heavy (non-hydrogen) atoms. The predicted octanol–water partition coefficient (Wildman–Crippen LogP) is 1.06. The third-order valence-corrected chi connectivity index (χ3v) is 3.50. The molecule has 7 heteroatoms. The van der Waals surface area contributed by atoms with Crippen molar-refractivity contribution in [3.05, 3.63) is 29.8 Å². The van der Waals surface area contributed by atoms with Crippen molar-refractivity contribution in [2.75, 3.05) is 20.8 Å². The van der Waals surface area contributed by atoms with Crippen molar-refractivity contribution in [2.45, 2.75) is 32.7 Å². The topological polar surface area (TPSA) is 93.7 Å². The van der Waals surface area contributed by atoms with Crippen molar-refractivity contribution < 1.29 is 23.9 Å². The Kier molecular flexibility index (Phi) is 8.46. The first-order valence-corrected chi connectivity index (χ1v) is 8.12. The van der Waals surface area contributed by atoms with Gasteiger partial charge in [0.25, 0.3) is 0 Å². The van der Waals surface area contributed by atoms with E-state index in [2.05, 4.69) is 15.4 Å². The number of nitrogens with one attached hydrogen (secondary N) is 2. The number of hydrogen-bond donors (Lipinski definition) is 2. The molecule has 1 aromatic carbocycles. The highest BCUT2D eigenvalue weighted by Crippen LogP contribution is 2.11. The lowest BCUT2D eigenvalue weighted by Crippen LogP contribution is -2.46. The summed E-state index contributed by atoms with van der Waals surface area (Å²) in [4.78, 5) is 35.5. The summed E-state index contributed by atoms with van der Waals surface area (Å²) < 4.78 is 9.74. The maximum absolute atomic E-state index is 11.9. The second kappa shape index (κ2) is 10.3. The minimum Gasteiger partial charge on any atom is -0.497 e. The molecule has 138 valence electrons. The highest BCUT2D eigenvalue weighted by molar-refractivity contribution is 5.88. The smallest absolute Gasteiger partial charge is 0.328 e. The van der Waals surface area contributed by atoms with E-state index >= 15 is 0 Å². The van der Waals surface area contributed by atoms with E-state index in [0.29, 0.717) is 12.2 Å². The molecule has 0 aliphatic heterocycles. The SMILES string of the molecule is COC(=O)[C@H](CC(C)C)NC(=O)CNC(=O)Cc1ccc(OC)cc1. The van der Waals surface area contributed by atoms with E-state index in [0.717, 1.165) is 5.56 Å². The summed E-state index contributed by atoms with van der Waals surface area (Å²) in [5.74, 6) is -0.277. The number of methoxy groups -OCH3 is 2. The molecule has 0 unspecified atom stereocenters. The molecule has 0 fully saturated rings. The summed E-state index contributed by atoms with van der Waals surface area (Å²) >= 11 is 0. The molecule has 0 saturated heterocycles. The standard InChI is InChI=1S/C18H26N2O5/c1-12(2)9-15(18(23)25-4)20-17(22)11-19-16(21)10-13-5-7-14(24-3)8-6-13/h5-8,12,15H,9-11H2,1-4H3,(H,19,21)(H,20,22)/t15-/m0/s1. The van der Waals surface area contributed by atoms with Crippen molar-refractivity contribution in [1.82, 2.24) is 10.6 Å². The van der Waals surface area contributed by atoms with Gasteiger partial charge in [0, 0.05) is 0 Å². The van der Waals surface area contributed by atoms with Crippen molar-refractivity contribution in [1.29, 1.82) is 0 Å². The third-order valence-electron chi connectivity index (χ3n) is 3.50. The largest absolute Gasteiger partial charge is 0.497 e. The Morgan fingerprint density at radius 1 is 1.04 bits per heavy atom. The van der Waals surface area contributed by atoms with Gasteiger partial charge in [0.1, 0.15) is 11.8 Å². The molecular formula is C18H26N2O5. The van der Waals surface area contributed by atoms with E-state index in [1.807, 2.05) is 13.8 Å². The van der Waals surface area contributed by atoms with Crippen LogP contribution in [0, 0.1) is 5.92 Å². The lowest BCUT2D eigenvalue weighted by Gasteiger charge is -2.18. The van der Waals surface area contributed by atoms with Crippen LogP contribution in [0.15, 0.2) is 24.3 Å². The number of amides is 2. The van der Waals surface area contributed by atoms with Gasteiger partial charge in [-0.3, -0.25) is 9.59 Å². The molecule has 1 atom stereocenters. The maximum atomic E-state index is 11.9. The number of hydrogen-bond acceptors (Lipinski definition) is 5. The first-order valence-electron chi connectivity index (χ1n) is 8.12. The molecule has 1 aromatic rings. The summed E-state index contributed by atoms with van der Waals surface area (Å²) in [5, 5.41) is 5.13. The monoisotopic (exact) mass is 350 g/mol. The summed E-state index contributed by atoms with van der Waals surface area (Å²) in [6.07, 6.45) is 0.627. The zero-order valence-corrected chi connectivity index (χ0v) is 15.1. The number of rotatable bonds is 9. The summed E-state index contributed by atoms with van der Waals surface area (Å²) in [6.45, 7) is 3.69. The minimum atomic E-state index is -0.712. The highest BCUT2D eigenvalue weighted by atomic mass is 16.5. The van der Waals surface area contributed by atoms with Crippen LogP contribution in [0.3, 0.4) is 0 Å². The van der Waals surface area contributed by atoms with Gasteiger partial charge in [-0.1, -0.05) is 26.0 Å². The second-order valence-electron chi connectivity index (χ2n) is 6.07. The molecule has 0 heterocycles. The molecule has 0 spiro atoms. The summed E-state index contributed by atoms with van der Waals surface area (Å²) in [5.41, 5.74) is 0.811. The minimum absolute atomic E-state index is 0.156. The normalized spacial score (nSPS) is 11.6. The van der Waals surface area contributed by atoms with E-state index in [4.69, 9.17) is 4.74 Å². The Balaban J connectivity index is 2.45. The number of carbonyl (C=O) groups is 3. The highest BCUT2D eigenvalue weighted by Gasteiger charge is 2.22. The molecule has 7 nitrogen and oxygen atoms in total. The molecular weight excluding hydrogens is 324 g/mol. The van der Waals surface area contributed by atoms with E-state index in [1.54, 1.807) is 31.4 Å². The van der Waals surface area contributed by atoms with Crippen molar-refractivity contribution in [3.63, 3.8) is 0 Å². The van der Waals surface area contributed by atoms with Crippen molar-refractivity contribution in [3.8, 4) is 5.75 Å². The van der Waals surface area contributed by atoms with E-state index < -0.39 is 17.9 Å². The van der Waals surface area contributed by atoms with Gasteiger partial charge < -0.3 is 20.1 Å². The van der Waals surface area contributed by atoms with Crippen LogP contribution in [0.2, 0.25) is 0 Å². The fraction of sp³-hybridized carbons (Fsp3) is 0.500. The van der Waals surface area contributed by atoms with E-state index in [1.165, 1.54) is 7.11 Å². The van der Waals surface area contributed by atoms with Crippen LogP contribution >= 0.6 is 0 Å². The Bertz CT molecular complexity index is 584. The van der Waals surface area contributed by atoms with Crippen LogP contribution in [-0.4, -0.2) is 44.6 Å². The molecule has 2 N–H and O–H groups in total. The fourth-order valence-corrected chi connectivity index (χ4v) is 2.24. The first-order chi connectivity index (χ1) is 11.8. The molecule has 0 aromatic heterocycles. The molecule has 0 aliphatic carbocycles. The van der Waals surface area contributed by atoms with Gasteiger partial charge >= 0.3 is 5.97 Å². The molecule has 2 amide bonds. The summed E-state index contributed by atoms with van der Waals surface area (Å²) in [7, 11) is 2.85. The molecule has 0 radical (unpaired) electrons. The van der Waals surface area contributed by atoms with Gasteiger partial charge in [-0.25, -0.2) is 4.79 Å². The quantitative estimate of drug-likeness (QED) is 0.650. The van der Waals surface area contributed by atoms with Crippen LogP contribution in [-0.2, 0) is 25.5 Å². The Hall–Kier alpha value is -2.57. The molecule has 0 bridgehead atoms. The number of carbonyl (C=O) groups excluding carboxylic acids is 3. The van der Waals surface area contributed by atoms with Gasteiger partial charge in [-0.15, -0.1) is 0 Å². The van der Waals surface area contributed by atoms with Crippen molar-refractivity contribution >= 4 is 17.8 Å². The van der Waals surface area contributed by atoms with Crippen molar-refractivity contribution in [2.24, 2.45) is 5.92 Å². The van der Waals surface area contributed by atoms with Crippen LogP contribution in [0.1, 0.15) is 25.8 Å². The fourth-order valence-electron chi connectivity index (χ4n) is 2.24. The number of esters is 1. The third kappa shape index (κ3) is 7.69. The van der Waals surface area contributed by atoms with E-state index in [9.17, 15) is 14.4 Å². The van der Waals surface area contributed by atoms with Crippen LogP contribution < -0.4 is 15.4 Å². The molecule has 0 saturated carbocycles. The van der Waals surface area contributed by atoms with Crippen LogP contribution in [0.4, 0.5) is 0 Å². The Morgan fingerprint density at radius 3 is 2.20 bits per heavy atom. The van der Waals surface area contributed by atoms with Crippen LogP contribution in [0.25, 0.3) is 0 Å². The second-order valence-corrected chi connectivity index (χ2v) is 6.07. The Morgan fingerprint density at radius 2 is 1.68 bits per heavy atom. The molecule has 1 rings (SSSR count). The van der Waals surface area contributed by atoms with Gasteiger partial charge in [-0.2, -0.15) is 0 Å². The van der Waals surface area contributed by atoms with Gasteiger partial charge in [0.15, 0.2) is 0 Å². The van der Waals surface area contributed by atoms with Gasteiger partial charge in [0.05, 0.1) is 27.2 Å². The summed E-state index contributed by atoms with van der Waals surface area (Å²) in [6, 6.07) is 6.39. The van der Waals surface area contributed by atoms with E-state index in [-0.39, 0.29) is 24.8 Å².